The van der Waals surface area contributed by atoms with Crippen molar-refractivity contribution in [3.63, 3.8) is 0 Å². The summed E-state index contributed by atoms with van der Waals surface area (Å²) in [5, 5.41) is 2.74. The number of nitrogens with one attached hydrogen (secondary N) is 1. The SMILES string of the molecule is CN1CCC(NC(=O)c2ccccc2S)C1=O. The van der Waals surface area contributed by atoms with Gasteiger partial charge in [-0.15, -0.1) is 12.6 Å². The van der Waals surface area contributed by atoms with Crippen molar-refractivity contribution in [1.82, 2.24) is 10.2 Å². The van der Waals surface area contributed by atoms with Gasteiger partial charge in [0.2, 0.25) is 5.91 Å². The van der Waals surface area contributed by atoms with Gasteiger partial charge in [-0.1, -0.05) is 12.1 Å². The van der Waals surface area contributed by atoms with E-state index in [0.29, 0.717) is 23.4 Å². The van der Waals surface area contributed by atoms with Gasteiger partial charge in [0.05, 0.1) is 5.56 Å². The van der Waals surface area contributed by atoms with E-state index >= 15 is 0 Å². The Hall–Kier alpha value is -1.49. The summed E-state index contributed by atoms with van der Waals surface area (Å²) in [5.41, 5.74) is 0.498. The maximum absolute atomic E-state index is 11.9. The van der Waals surface area contributed by atoms with Crippen LogP contribution in [0, 0.1) is 0 Å². The molecule has 1 aliphatic heterocycles. The summed E-state index contributed by atoms with van der Waals surface area (Å²) in [6.07, 6.45) is 0.663. The Balaban J connectivity index is 2.08. The number of benzene rings is 1. The molecule has 0 radical (unpaired) electrons. The van der Waals surface area contributed by atoms with E-state index in [-0.39, 0.29) is 11.8 Å². The van der Waals surface area contributed by atoms with E-state index in [1.54, 1.807) is 30.1 Å². The lowest BCUT2D eigenvalue weighted by Crippen LogP contribution is -2.40. The van der Waals surface area contributed by atoms with Gasteiger partial charge in [-0.25, -0.2) is 0 Å². The average Bonchev–Trinajstić information content (AvgIpc) is 2.61. The number of rotatable bonds is 2. The minimum Gasteiger partial charge on any atom is -0.344 e. The first kappa shape index (κ1) is 12.0. The van der Waals surface area contributed by atoms with Crippen LogP contribution in [-0.4, -0.2) is 36.3 Å². The minimum atomic E-state index is -0.402. The van der Waals surface area contributed by atoms with Crippen molar-refractivity contribution in [2.75, 3.05) is 13.6 Å². The Kier molecular flexibility index (Phi) is 3.38. The summed E-state index contributed by atoms with van der Waals surface area (Å²) in [4.78, 5) is 25.8. The topological polar surface area (TPSA) is 49.4 Å². The molecular weight excluding hydrogens is 236 g/mol. The highest BCUT2D eigenvalue weighted by atomic mass is 32.1. The normalized spacial score (nSPS) is 19.5. The summed E-state index contributed by atoms with van der Waals surface area (Å²) in [5.74, 6) is -0.278. The van der Waals surface area contributed by atoms with E-state index in [2.05, 4.69) is 17.9 Å². The molecule has 0 saturated carbocycles. The third-order valence-corrected chi connectivity index (χ3v) is 3.27. The molecule has 4 nitrogen and oxygen atoms in total. The molecular formula is C12H14N2O2S. The summed E-state index contributed by atoms with van der Waals surface area (Å²) in [6.45, 7) is 0.687. The van der Waals surface area contributed by atoms with Crippen molar-refractivity contribution in [3.8, 4) is 0 Å². The predicted molar refractivity (Wildman–Crippen MR) is 67.2 cm³/mol. The Morgan fingerprint density at radius 1 is 1.47 bits per heavy atom. The molecule has 0 bridgehead atoms. The third-order valence-electron chi connectivity index (χ3n) is 2.88. The smallest absolute Gasteiger partial charge is 0.253 e. The van der Waals surface area contributed by atoms with Gasteiger partial charge in [-0.05, 0) is 18.6 Å². The quantitative estimate of drug-likeness (QED) is 0.767. The third kappa shape index (κ3) is 2.44. The van der Waals surface area contributed by atoms with E-state index in [0.717, 1.165) is 0 Å². The second kappa shape index (κ2) is 4.79. The maximum atomic E-state index is 11.9. The molecule has 1 fully saturated rings. The van der Waals surface area contributed by atoms with Crippen LogP contribution in [0.15, 0.2) is 29.2 Å². The molecule has 5 heteroatoms. The van der Waals surface area contributed by atoms with Crippen LogP contribution < -0.4 is 5.32 Å². The lowest BCUT2D eigenvalue weighted by atomic mass is 10.2. The van der Waals surface area contributed by atoms with Gasteiger partial charge in [0.15, 0.2) is 0 Å². The van der Waals surface area contributed by atoms with Crippen LogP contribution in [0.25, 0.3) is 0 Å². The molecule has 1 saturated heterocycles. The monoisotopic (exact) mass is 250 g/mol. The Morgan fingerprint density at radius 3 is 2.76 bits per heavy atom. The van der Waals surface area contributed by atoms with E-state index in [4.69, 9.17) is 0 Å². The lowest BCUT2D eigenvalue weighted by molar-refractivity contribution is -0.128. The largest absolute Gasteiger partial charge is 0.344 e. The first-order valence-corrected chi connectivity index (χ1v) is 5.88. The Bertz CT molecular complexity index is 462. The van der Waals surface area contributed by atoms with Crippen molar-refractivity contribution >= 4 is 24.4 Å². The molecule has 1 N–H and O–H groups in total. The van der Waals surface area contributed by atoms with Crippen molar-refractivity contribution in [1.29, 1.82) is 0 Å². The highest BCUT2D eigenvalue weighted by Crippen LogP contribution is 2.14. The van der Waals surface area contributed by atoms with Gasteiger partial charge < -0.3 is 10.2 Å². The maximum Gasteiger partial charge on any atom is 0.253 e. The van der Waals surface area contributed by atoms with Gasteiger partial charge >= 0.3 is 0 Å². The molecule has 1 atom stereocenters. The molecule has 1 aromatic carbocycles. The summed E-state index contributed by atoms with van der Waals surface area (Å²) >= 11 is 4.22. The number of likely N-dealkylation sites (N-methyl/N-ethyl adjacent to an activating group) is 1. The number of thiol groups is 1. The first-order chi connectivity index (χ1) is 8.09. The number of hydrogen-bond donors (Lipinski definition) is 2. The molecule has 1 aromatic rings. The van der Waals surface area contributed by atoms with Crippen molar-refractivity contribution in [3.05, 3.63) is 29.8 Å². The molecule has 1 aliphatic rings. The minimum absolute atomic E-state index is 0.0324. The number of carbonyl (C=O) groups excluding carboxylic acids is 2. The standard InChI is InChI=1S/C12H14N2O2S/c1-14-7-6-9(12(14)16)13-11(15)8-4-2-3-5-10(8)17/h2-5,9,17H,6-7H2,1H3,(H,13,15). The number of nitrogens with zero attached hydrogens (tertiary/aromatic N) is 1. The van der Waals surface area contributed by atoms with E-state index < -0.39 is 6.04 Å². The molecule has 2 rings (SSSR count). The molecule has 17 heavy (non-hydrogen) atoms. The summed E-state index contributed by atoms with van der Waals surface area (Å²) in [7, 11) is 1.74. The molecule has 0 aliphatic carbocycles. The van der Waals surface area contributed by atoms with Crippen LogP contribution in [0.3, 0.4) is 0 Å². The molecule has 0 aromatic heterocycles. The molecule has 0 spiro atoms. The van der Waals surface area contributed by atoms with E-state index in [1.807, 2.05) is 6.07 Å². The molecule has 90 valence electrons. The fourth-order valence-corrected chi connectivity index (χ4v) is 2.12. The van der Waals surface area contributed by atoms with Gasteiger partial charge in [0, 0.05) is 18.5 Å². The van der Waals surface area contributed by atoms with Gasteiger partial charge in [-0.3, -0.25) is 9.59 Å². The molecule has 1 heterocycles. The molecule has 1 unspecified atom stereocenters. The fraction of sp³-hybridized carbons (Fsp3) is 0.333. The van der Waals surface area contributed by atoms with Crippen LogP contribution in [-0.2, 0) is 4.79 Å². The predicted octanol–water partition coefficient (Wildman–Crippen LogP) is 0.936. The average molecular weight is 250 g/mol. The number of amides is 2. The summed E-state index contributed by atoms with van der Waals surface area (Å²) < 4.78 is 0. The number of likely N-dealkylation sites (tertiary alicyclic amines) is 1. The second-order valence-electron chi connectivity index (χ2n) is 4.09. The molecule has 2 amide bonds. The van der Waals surface area contributed by atoms with Crippen LogP contribution >= 0.6 is 12.6 Å². The first-order valence-electron chi connectivity index (χ1n) is 5.43. The van der Waals surface area contributed by atoms with E-state index in [9.17, 15) is 9.59 Å². The van der Waals surface area contributed by atoms with Crippen molar-refractivity contribution in [2.24, 2.45) is 0 Å². The zero-order chi connectivity index (χ0) is 12.4. The van der Waals surface area contributed by atoms with Crippen molar-refractivity contribution in [2.45, 2.75) is 17.4 Å². The zero-order valence-corrected chi connectivity index (χ0v) is 10.4. The van der Waals surface area contributed by atoms with E-state index in [1.165, 1.54) is 0 Å². The second-order valence-corrected chi connectivity index (χ2v) is 4.57. The van der Waals surface area contributed by atoms with Crippen LogP contribution in [0.4, 0.5) is 0 Å². The van der Waals surface area contributed by atoms with Crippen LogP contribution in [0.1, 0.15) is 16.8 Å². The Labute approximate surface area is 105 Å². The van der Waals surface area contributed by atoms with Crippen LogP contribution in [0.5, 0.6) is 0 Å². The van der Waals surface area contributed by atoms with Crippen molar-refractivity contribution < 1.29 is 9.59 Å². The summed E-state index contributed by atoms with van der Waals surface area (Å²) in [6, 6.07) is 6.63. The highest BCUT2D eigenvalue weighted by molar-refractivity contribution is 7.80. The van der Waals surface area contributed by atoms with Gasteiger partial charge in [0.25, 0.3) is 5.91 Å². The van der Waals surface area contributed by atoms with Crippen LogP contribution in [0.2, 0.25) is 0 Å². The number of carbonyl (C=O) groups is 2. The Morgan fingerprint density at radius 2 is 2.18 bits per heavy atom. The number of hydrogen-bond acceptors (Lipinski definition) is 3. The van der Waals surface area contributed by atoms with Gasteiger partial charge in [0.1, 0.15) is 6.04 Å². The zero-order valence-electron chi connectivity index (χ0n) is 9.51. The fourth-order valence-electron chi connectivity index (χ4n) is 1.86. The lowest BCUT2D eigenvalue weighted by Gasteiger charge is -2.12. The van der Waals surface area contributed by atoms with Gasteiger partial charge in [-0.2, -0.15) is 0 Å². The highest BCUT2D eigenvalue weighted by Gasteiger charge is 2.30.